The Morgan fingerprint density at radius 2 is 1.91 bits per heavy atom. The lowest BCUT2D eigenvalue weighted by molar-refractivity contribution is -0.140. The van der Waals surface area contributed by atoms with E-state index in [1.165, 1.54) is 0 Å². The van der Waals surface area contributed by atoms with Crippen LogP contribution in [0.3, 0.4) is 0 Å². The van der Waals surface area contributed by atoms with Gasteiger partial charge in [-0.1, -0.05) is 0 Å². The Kier molecular flexibility index (Phi) is 3.93. The van der Waals surface area contributed by atoms with Crippen LogP contribution in [-0.2, 0) is 9.53 Å². The van der Waals surface area contributed by atoms with Gasteiger partial charge in [-0.25, -0.2) is 9.97 Å². The van der Waals surface area contributed by atoms with Crippen molar-refractivity contribution in [2.24, 2.45) is 5.41 Å². The highest BCUT2D eigenvalue weighted by atomic mass is 16.5. The summed E-state index contributed by atoms with van der Waals surface area (Å²) in [6.07, 6.45) is 8.66. The van der Waals surface area contributed by atoms with E-state index in [4.69, 9.17) is 4.74 Å². The molecule has 3 fully saturated rings. The second-order valence-corrected chi connectivity index (χ2v) is 7.05. The van der Waals surface area contributed by atoms with Gasteiger partial charge in [-0.05, 0) is 43.6 Å². The van der Waals surface area contributed by atoms with Crippen LogP contribution >= 0.6 is 0 Å². The zero-order valence-electron chi connectivity index (χ0n) is 13.5. The van der Waals surface area contributed by atoms with E-state index in [-0.39, 0.29) is 12.0 Å². The van der Waals surface area contributed by atoms with Crippen LogP contribution in [0.1, 0.15) is 32.1 Å². The average Bonchev–Trinajstić information content (AvgIpc) is 3.26. The first-order valence-corrected chi connectivity index (χ1v) is 8.68. The highest BCUT2D eigenvalue weighted by Gasteiger charge is 2.43. The third kappa shape index (κ3) is 2.92. The van der Waals surface area contributed by atoms with Gasteiger partial charge in [0.2, 0.25) is 5.95 Å². The maximum Gasteiger partial charge on any atom is 0.251 e. The van der Waals surface area contributed by atoms with Crippen molar-refractivity contribution in [1.82, 2.24) is 14.9 Å². The maximum absolute atomic E-state index is 12.5. The molecule has 1 spiro atoms. The molecule has 4 rings (SSSR count). The molecule has 4 heterocycles. The van der Waals surface area contributed by atoms with Gasteiger partial charge in [-0.15, -0.1) is 0 Å². The summed E-state index contributed by atoms with van der Waals surface area (Å²) < 4.78 is 5.56. The number of anilines is 1. The van der Waals surface area contributed by atoms with E-state index < -0.39 is 0 Å². The monoisotopic (exact) mass is 316 g/mol. The molecule has 23 heavy (non-hydrogen) atoms. The van der Waals surface area contributed by atoms with E-state index in [9.17, 15) is 4.79 Å². The van der Waals surface area contributed by atoms with Crippen LogP contribution in [0.2, 0.25) is 0 Å². The molecule has 0 radical (unpaired) electrons. The summed E-state index contributed by atoms with van der Waals surface area (Å²) in [5.41, 5.74) is 0.291. The van der Waals surface area contributed by atoms with Gasteiger partial charge in [0.25, 0.3) is 5.91 Å². The topological polar surface area (TPSA) is 58.6 Å². The largest absolute Gasteiger partial charge is 0.368 e. The van der Waals surface area contributed by atoms with Crippen LogP contribution in [0.5, 0.6) is 0 Å². The quantitative estimate of drug-likeness (QED) is 0.827. The number of carbonyl (C=O) groups is 1. The molecule has 1 aromatic heterocycles. The molecule has 1 atom stereocenters. The number of hydrogen-bond acceptors (Lipinski definition) is 5. The molecule has 6 heteroatoms. The van der Waals surface area contributed by atoms with Crippen LogP contribution in [0.4, 0.5) is 5.95 Å². The molecule has 0 aromatic carbocycles. The van der Waals surface area contributed by atoms with E-state index in [0.717, 1.165) is 70.8 Å². The van der Waals surface area contributed by atoms with Gasteiger partial charge < -0.3 is 14.5 Å². The number of likely N-dealkylation sites (tertiary alicyclic amines) is 1. The SMILES string of the molecule is O=C([C@@H]1CCCO1)N1CCC2(CCN(c3ncccn3)CC2)C1. The summed E-state index contributed by atoms with van der Waals surface area (Å²) in [5, 5.41) is 0. The van der Waals surface area contributed by atoms with Crippen LogP contribution in [0, 0.1) is 5.41 Å². The smallest absolute Gasteiger partial charge is 0.251 e. The molecule has 3 aliphatic heterocycles. The fourth-order valence-corrected chi connectivity index (χ4v) is 4.14. The second-order valence-electron chi connectivity index (χ2n) is 7.05. The normalized spacial score (nSPS) is 26.9. The number of aromatic nitrogens is 2. The summed E-state index contributed by atoms with van der Waals surface area (Å²) in [5.74, 6) is 1.04. The molecule has 3 aliphatic rings. The number of nitrogens with zero attached hydrogens (tertiary/aromatic N) is 4. The molecule has 0 bridgehead atoms. The van der Waals surface area contributed by atoms with Crippen LogP contribution in [-0.4, -0.2) is 59.7 Å². The molecule has 124 valence electrons. The minimum absolute atomic E-state index is 0.178. The van der Waals surface area contributed by atoms with Crippen molar-refractivity contribution in [3.63, 3.8) is 0 Å². The highest BCUT2D eigenvalue weighted by Crippen LogP contribution is 2.41. The van der Waals surface area contributed by atoms with Gasteiger partial charge in [0.15, 0.2) is 0 Å². The standard InChI is InChI=1S/C17H24N4O2/c22-15(14-3-1-12-23-14)21-11-6-17(13-21)4-9-20(10-5-17)16-18-7-2-8-19-16/h2,7-8,14H,1,3-6,9-13H2/t14-/m0/s1. The van der Waals surface area contributed by atoms with E-state index in [2.05, 4.69) is 14.9 Å². The Labute approximate surface area is 136 Å². The Bertz CT molecular complexity index is 551. The fraction of sp³-hybridized carbons (Fsp3) is 0.706. The Hall–Kier alpha value is -1.69. The van der Waals surface area contributed by atoms with Crippen molar-refractivity contribution in [3.8, 4) is 0 Å². The molecule has 6 nitrogen and oxygen atoms in total. The summed E-state index contributed by atoms with van der Waals surface area (Å²) in [6.45, 7) is 4.48. The van der Waals surface area contributed by atoms with Crippen LogP contribution in [0.25, 0.3) is 0 Å². The van der Waals surface area contributed by atoms with Crippen LogP contribution in [0.15, 0.2) is 18.5 Å². The van der Waals surface area contributed by atoms with E-state index in [0.29, 0.717) is 5.41 Å². The number of piperidine rings is 1. The Morgan fingerprint density at radius 1 is 1.17 bits per heavy atom. The summed E-state index contributed by atoms with van der Waals surface area (Å²) >= 11 is 0. The molecule has 0 N–H and O–H groups in total. The average molecular weight is 316 g/mol. The molecule has 0 unspecified atom stereocenters. The minimum atomic E-state index is -0.178. The van der Waals surface area contributed by atoms with E-state index >= 15 is 0 Å². The first-order valence-electron chi connectivity index (χ1n) is 8.68. The maximum atomic E-state index is 12.5. The van der Waals surface area contributed by atoms with Gasteiger partial charge in [0, 0.05) is 45.2 Å². The van der Waals surface area contributed by atoms with Gasteiger partial charge in [0.1, 0.15) is 6.10 Å². The van der Waals surface area contributed by atoms with Crippen molar-refractivity contribution in [3.05, 3.63) is 18.5 Å². The summed E-state index contributed by atoms with van der Waals surface area (Å²) in [4.78, 5) is 25.5. The zero-order valence-corrected chi connectivity index (χ0v) is 13.5. The second kappa shape index (κ2) is 6.07. The Balaban J connectivity index is 1.35. The lowest BCUT2D eigenvalue weighted by Gasteiger charge is -2.39. The van der Waals surface area contributed by atoms with Gasteiger partial charge in [-0.3, -0.25) is 4.79 Å². The third-order valence-corrected chi connectivity index (χ3v) is 5.61. The molecule has 0 aliphatic carbocycles. The van der Waals surface area contributed by atoms with Crippen molar-refractivity contribution < 1.29 is 9.53 Å². The summed E-state index contributed by atoms with van der Waals surface area (Å²) in [6, 6.07) is 1.85. The predicted octanol–water partition coefficient (Wildman–Crippen LogP) is 1.47. The first kappa shape index (κ1) is 14.9. The fourth-order valence-electron chi connectivity index (χ4n) is 4.14. The Morgan fingerprint density at radius 3 is 2.61 bits per heavy atom. The van der Waals surface area contributed by atoms with Crippen molar-refractivity contribution in [2.75, 3.05) is 37.7 Å². The number of carbonyl (C=O) groups excluding carboxylic acids is 1. The molecular weight excluding hydrogens is 292 g/mol. The molecular formula is C17H24N4O2. The third-order valence-electron chi connectivity index (χ3n) is 5.61. The van der Waals surface area contributed by atoms with E-state index in [1.807, 2.05) is 11.0 Å². The molecule has 1 aromatic rings. The number of hydrogen-bond donors (Lipinski definition) is 0. The highest BCUT2D eigenvalue weighted by molar-refractivity contribution is 5.81. The van der Waals surface area contributed by atoms with E-state index in [1.54, 1.807) is 12.4 Å². The molecule has 0 saturated carbocycles. The predicted molar refractivity (Wildman–Crippen MR) is 86.1 cm³/mol. The number of rotatable bonds is 2. The molecule has 1 amide bonds. The van der Waals surface area contributed by atoms with Crippen molar-refractivity contribution >= 4 is 11.9 Å². The number of ether oxygens (including phenoxy) is 1. The van der Waals surface area contributed by atoms with Crippen molar-refractivity contribution in [2.45, 2.75) is 38.2 Å². The van der Waals surface area contributed by atoms with Crippen LogP contribution < -0.4 is 4.90 Å². The minimum Gasteiger partial charge on any atom is -0.368 e. The van der Waals surface area contributed by atoms with Crippen molar-refractivity contribution in [1.29, 1.82) is 0 Å². The number of amides is 1. The lowest BCUT2D eigenvalue weighted by Crippen LogP contribution is -2.44. The summed E-state index contributed by atoms with van der Waals surface area (Å²) in [7, 11) is 0. The zero-order chi connectivity index (χ0) is 15.7. The molecule has 3 saturated heterocycles. The van der Waals surface area contributed by atoms with Gasteiger partial charge in [0.05, 0.1) is 0 Å². The van der Waals surface area contributed by atoms with Gasteiger partial charge >= 0.3 is 0 Å². The van der Waals surface area contributed by atoms with Gasteiger partial charge in [-0.2, -0.15) is 0 Å². The lowest BCUT2D eigenvalue weighted by atomic mass is 9.78. The first-order chi connectivity index (χ1) is 11.3.